The lowest BCUT2D eigenvalue weighted by atomic mass is 10.0. The fourth-order valence-electron chi connectivity index (χ4n) is 3.51. The molecule has 1 fully saturated rings. The Morgan fingerprint density at radius 1 is 1.40 bits per heavy atom. The van der Waals surface area contributed by atoms with Gasteiger partial charge in [0.15, 0.2) is 0 Å². The Kier molecular flexibility index (Phi) is 4.81. The molecule has 134 valence electrons. The second-order valence-electron chi connectivity index (χ2n) is 6.82. The summed E-state index contributed by atoms with van der Waals surface area (Å²) in [6.45, 7) is 6.31. The number of β-amino-alcohol motifs (C(OH)–C–C–N with tert-alkyl or cyclic N) is 1. The molecule has 0 aliphatic carbocycles. The summed E-state index contributed by atoms with van der Waals surface area (Å²) in [6, 6.07) is 7.70. The highest BCUT2D eigenvalue weighted by molar-refractivity contribution is 5.95. The molecule has 1 aliphatic rings. The molecule has 0 bridgehead atoms. The summed E-state index contributed by atoms with van der Waals surface area (Å²) in [5, 5.41) is 14.5. The van der Waals surface area contributed by atoms with Crippen LogP contribution in [0.15, 0.2) is 30.5 Å². The number of likely N-dealkylation sites (tertiary alicyclic amines) is 1. The minimum atomic E-state index is -0.527. The highest BCUT2D eigenvalue weighted by Gasteiger charge is 2.37. The van der Waals surface area contributed by atoms with Gasteiger partial charge >= 0.3 is 0 Å². The van der Waals surface area contributed by atoms with Crippen LogP contribution in [-0.2, 0) is 0 Å². The first-order valence-corrected chi connectivity index (χ1v) is 8.59. The Labute approximate surface area is 148 Å². The maximum absolute atomic E-state index is 13.1. The van der Waals surface area contributed by atoms with Crippen molar-refractivity contribution in [3.05, 3.63) is 47.3 Å². The second-order valence-corrected chi connectivity index (χ2v) is 6.82. The molecule has 6 heteroatoms. The van der Waals surface area contributed by atoms with Gasteiger partial charge in [0.05, 0.1) is 31.0 Å². The summed E-state index contributed by atoms with van der Waals surface area (Å²) in [4.78, 5) is 14.9. The fourth-order valence-corrected chi connectivity index (χ4v) is 3.51. The molecule has 1 N–H and O–H groups in total. The van der Waals surface area contributed by atoms with Gasteiger partial charge in [-0.15, -0.1) is 0 Å². The molecule has 2 aromatic rings. The van der Waals surface area contributed by atoms with Crippen molar-refractivity contribution in [3.8, 4) is 5.75 Å². The molecule has 1 aromatic heterocycles. The van der Waals surface area contributed by atoms with Crippen molar-refractivity contribution in [2.24, 2.45) is 0 Å². The average molecular weight is 343 g/mol. The van der Waals surface area contributed by atoms with Gasteiger partial charge in [0, 0.05) is 18.3 Å². The number of hydrogen-bond donors (Lipinski definition) is 1. The summed E-state index contributed by atoms with van der Waals surface area (Å²) in [5.41, 5.74) is 2.42. The van der Waals surface area contributed by atoms with Gasteiger partial charge in [0.1, 0.15) is 5.75 Å². The van der Waals surface area contributed by atoms with Gasteiger partial charge in [-0.1, -0.05) is 12.1 Å². The van der Waals surface area contributed by atoms with Crippen molar-refractivity contribution in [3.63, 3.8) is 0 Å². The van der Waals surface area contributed by atoms with E-state index in [-0.39, 0.29) is 18.0 Å². The van der Waals surface area contributed by atoms with Crippen LogP contribution in [-0.4, -0.2) is 45.5 Å². The smallest absolute Gasteiger partial charge is 0.257 e. The van der Waals surface area contributed by atoms with Crippen LogP contribution in [0.25, 0.3) is 0 Å². The number of aromatic nitrogens is 2. The third kappa shape index (κ3) is 3.26. The highest BCUT2D eigenvalue weighted by atomic mass is 16.5. The molecule has 2 atom stereocenters. The summed E-state index contributed by atoms with van der Waals surface area (Å²) in [5.74, 6) is 0.656. The minimum absolute atomic E-state index is 0.0891. The number of nitrogens with zero attached hydrogens (tertiary/aromatic N) is 3. The number of ether oxygens (including phenoxy) is 1. The molecule has 0 radical (unpaired) electrons. The van der Waals surface area contributed by atoms with Crippen molar-refractivity contribution in [1.82, 2.24) is 14.7 Å². The number of rotatable bonds is 4. The van der Waals surface area contributed by atoms with Crippen molar-refractivity contribution in [1.29, 1.82) is 0 Å². The first kappa shape index (κ1) is 17.5. The molecule has 2 heterocycles. The van der Waals surface area contributed by atoms with Gasteiger partial charge in [0.25, 0.3) is 5.91 Å². The van der Waals surface area contributed by atoms with Crippen LogP contribution in [0.1, 0.15) is 54.0 Å². The lowest BCUT2D eigenvalue weighted by Gasteiger charge is -2.25. The van der Waals surface area contributed by atoms with Crippen molar-refractivity contribution in [2.75, 3.05) is 13.7 Å². The molecule has 0 spiro atoms. The maximum atomic E-state index is 13.1. The highest BCUT2D eigenvalue weighted by Crippen LogP contribution is 2.35. The number of carbonyl (C=O) groups is 1. The quantitative estimate of drug-likeness (QED) is 0.927. The van der Waals surface area contributed by atoms with Crippen LogP contribution in [0.5, 0.6) is 5.75 Å². The zero-order valence-corrected chi connectivity index (χ0v) is 15.1. The minimum Gasteiger partial charge on any atom is -0.497 e. The van der Waals surface area contributed by atoms with Gasteiger partial charge in [-0.25, -0.2) is 0 Å². The van der Waals surface area contributed by atoms with Gasteiger partial charge in [0.2, 0.25) is 0 Å². The predicted octanol–water partition coefficient (Wildman–Crippen LogP) is 2.73. The first-order chi connectivity index (χ1) is 11.9. The largest absolute Gasteiger partial charge is 0.497 e. The zero-order valence-electron chi connectivity index (χ0n) is 15.1. The molecule has 1 aliphatic heterocycles. The summed E-state index contributed by atoms with van der Waals surface area (Å²) in [6.07, 6.45) is 1.63. The van der Waals surface area contributed by atoms with E-state index in [1.165, 1.54) is 0 Å². The summed E-state index contributed by atoms with van der Waals surface area (Å²) >= 11 is 0. The number of carbonyl (C=O) groups excluding carboxylic acids is 1. The van der Waals surface area contributed by atoms with Crippen LogP contribution in [0.4, 0.5) is 0 Å². The van der Waals surface area contributed by atoms with Gasteiger partial charge in [-0.05, 0) is 44.9 Å². The SMILES string of the molecule is COc1cccc([C@H]2C[C@@H](O)CN2C(=O)c2cnn(C(C)C)c2C)c1. The molecule has 0 saturated carbocycles. The van der Waals surface area contributed by atoms with E-state index in [4.69, 9.17) is 4.74 Å². The molecule has 3 rings (SSSR count). The van der Waals surface area contributed by atoms with Crippen molar-refractivity contribution < 1.29 is 14.6 Å². The van der Waals surface area contributed by atoms with Crippen molar-refractivity contribution in [2.45, 2.75) is 45.4 Å². The van der Waals surface area contributed by atoms with Crippen LogP contribution < -0.4 is 4.74 Å². The Morgan fingerprint density at radius 3 is 2.80 bits per heavy atom. The third-order valence-corrected chi connectivity index (χ3v) is 4.78. The lowest BCUT2D eigenvalue weighted by Crippen LogP contribution is -2.32. The van der Waals surface area contributed by atoms with Crippen LogP contribution >= 0.6 is 0 Å². The monoisotopic (exact) mass is 343 g/mol. The van der Waals surface area contributed by atoms with E-state index in [2.05, 4.69) is 5.10 Å². The maximum Gasteiger partial charge on any atom is 0.257 e. The zero-order chi connectivity index (χ0) is 18.1. The number of methoxy groups -OCH3 is 1. The standard InChI is InChI=1S/C19H25N3O3/c1-12(2)22-13(3)17(10-20-22)19(24)21-11-15(23)9-18(21)14-6-5-7-16(8-14)25-4/h5-8,10,12,15,18,23H,9,11H2,1-4H3/t15-,18-/m1/s1. The van der Waals surface area contributed by atoms with Crippen LogP contribution in [0, 0.1) is 6.92 Å². The number of aliphatic hydroxyl groups excluding tert-OH is 1. The van der Waals surface area contributed by atoms with Gasteiger partial charge in [-0.3, -0.25) is 9.48 Å². The number of hydrogen-bond acceptors (Lipinski definition) is 4. The Hall–Kier alpha value is -2.34. The van der Waals surface area contributed by atoms with E-state index >= 15 is 0 Å². The Balaban J connectivity index is 1.92. The van der Waals surface area contributed by atoms with Gasteiger partial charge in [-0.2, -0.15) is 5.10 Å². The molecule has 25 heavy (non-hydrogen) atoms. The van der Waals surface area contributed by atoms with E-state index in [0.717, 1.165) is 17.0 Å². The fraction of sp³-hybridized carbons (Fsp3) is 0.474. The normalized spacial score (nSPS) is 20.3. The van der Waals surface area contributed by atoms with E-state index in [9.17, 15) is 9.90 Å². The first-order valence-electron chi connectivity index (χ1n) is 8.59. The van der Waals surface area contributed by atoms with Crippen molar-refractivity contribution >= 4 is 5.91 Å². The van der Waals surface area contributed by atoms with E-state index in [1.807, 2.05) is 49.7 Å². The molecule has 1 aromatic carbocycles. The Bertz CT molecular complexity index is 769. The predicted molar refractivity (Wildman–Crippen MR) is 94.7 cm³/mol. The molecule has 6 nitrogen and oxygen atoms in total. The number of amides is 1. The molecular formula is C19H25N3O3. The Morgan fingerprint density at radius 2 is 2.16 bits per heavy atom. The van der Waals surface area contributed by atoms with E-state index in [0.29, 0.717) is 18.5 Å². The lowest BCUT2D eigenvalue weighted by molar-refractivity contribution is 0.0714. The summed E-state index contributed by atoms with van der Waals surface area (Å²) < 4.78 is 7.14. The molecular weight excluding hydrogens is 318 g/mol. The topological polar surface area (TPSA) is 67.6 Å². The molecule has 0 unspecified atom stereocenters. The molecule has 1 amide bonds. The molecule has 1 saturated heterocycles. The van der Waals surface area contributed by atoms with Gasteiger partial charge < -0.3 is 14.7 Å². The number of aliphatic hydroxyl groups is 1. The number of benzene rings is 1. The summed E-state index contributed by atoms with van der Waals surface area (Å²) in [7, 11) is 1.62. The third-order valence-electron chi connectivity index (χ3n) is 4.78. The van der Waals surface area contributed by atoms with Crippen LogP contribution in [0.3, 0.4) is 0 Å². The average Bonchev–Trinajstić information content (AvgIpc) is 3.17. The van der Waals surface area contributed by atoms with E-state index < -0.39 is 6.10 Å². The van der Waals surface area contributed by atoms with Crippen LogP contribution in [0.2, 0.25) is 0 Å². The van der Waals surface area contributed by atoms with E-state index in [1.54, 1.807) is 18.2 Å². The second kappa shape index (κ2) is 6.88.